The molecule has 2 rings (SSSR count). The van der Waals surface area contributed by atoms with Gasteiger partial charge in [-0.15, -0.1) is 0 Å². The van der Waals surface area contributed by atoms with Gasteiger partial charge in [-0.1, -0.05) is 0 Å². The lowest BCUT2D eigenvalue weighted by molar-refractivity contribution is 0.376. The van der Waals surface area contributed by atoms with Crippen molar-refractivity contribution in [2.24, 2.45) is 5.92 Å². The van der Waals surface area contributed by atoms with Gasteiger partial charge in [-0.25, -0.2) is 21.6 Å². The molecule has 142 valence electrons. The van der Waals surface area contributed by atoms with Crippen LogP contribution in [0.2, 0.25) is 0 Å². The van der Waals surface area contributed by atoms with E-state index in [1.807, 2.05) is 0 Å². The molecule has 1 fully saturated rings. The zero-order chi connectivity index (χ0) is 18.5. The Bertz CT molecular complexity index is 787. The molecule has 1 heterocycles. The van der Waals surface area contributed by atoms with Crippen molar-refractivity contribution in [1.29, 1.82) is 0 Å². The smallest absolute Gasteiger partial charge is 0.242 e. The first kappa shape index (κ1) is 20.0. The van der Waals surface area contributed by atoms with E-state index in [1.165, 1.54) is 32.2 Å². The molecule has 1 aromatic rings. The fourth-order valence-electron chi connectivity index (χ4n) is 2.59. The third-order valence-corrected chi connectivity index (χ3v) is 6.86. The number of methoxy groups -OCH3 is 1. The van der Waals surface area contributed by atoms with Gasteiger partial charge in [-0.3, -0.25) is 4.72 Å². The Kier molecular flexibility index (Phi) is 6.66. The second-order valence-electron chi connectivity index (χ2n) is 5.93. The molecular formula is C15H25N3O5S2. The Morgan fingerprint density at radius 2 is 2.04 bits per heavy atom. The summed E-state index contributed by atoms with van der Waals surface area (Å²) < 4.78 is 59.0. The molecule has 0 saturated carbocycles. The molecule has 1 aliphatic rings. The lowest BCUT2D eigenvalue weighted by atomic mass is 10.0. The average Bonchev–Trinajstić information content (AvgIpc) is 2.60. The second kappa shape index (κ2) is 8.35. The summed E-state index contributed by atoms with van der Waals surface area (Å²) in [4.78, 5) is -0.117. The molecule has 3 N–H and O–H groups in total. The van der Waals surface area contributed by atoms with Crippen molar-refractivity contribution in [1.82, 2.24) is 10.0 Å². The topological polar surface area (TPSA) is 114 Å². The van der Waals surface area contributed by atoms with E-state index in [-0.39, 0.29) is 22.3 Å². The molecule has 0 amide bonds. The first-order valence-corrected chi connectivity index (χ1v) is 11.3. The number of rotatable bonds is 8. The van der Waals surface area contributed by atoms with E-state index >= 15 is 0 Å². The Balaban J connectivity index is 2.25. The van der Waals surface area contributed by atoms with Crippen molar-refractivity contribution in [3.8, 4) is 5.75 Å². The molecule has 0 aromatic heterocycles. The van der Waals surface area contributed by atoms with E-state index in [2.05, 4.69) is 14.8 Å². The van der Waals surface area contributed by atoms with Crippen LogP contribution in [0.1, 0.15) is 19.8 Å². The molecule has 1 aliphatic heterocycles. The van der Waals surface area contributed by atoms with Crippen molar-refractivity contribution in [3.05, 3.63) is 18.2 Å². The largest absolute Gasteiger partial charge is 0.497 e. The summed E-state index contributed by atoms with van der Waals surface area (Å²) >= 11 is 0. The zero-order valence-electron chi connectivity index (χ0n) is 14.4. The molecule has 0 radical (unpaired) electrons. The third kappa shape index (κ3) is 5.56. The van der Waals surface area contributed by atoms with Gasteiger partial charge in [-0.2, -0.15) is 0 Å². The number of hydrogen-bond acceptors (Lipinski definition) is 6. The van der Waals surface area contributed by atoms with Gasteiger partial charge in [0.15, 0.2) is 0 Å². The first-order valence-electron chi connectivity index (χ1n) is 8.16. The van der Waals surface area contributed by atoms with E-state index < -0.39 is 20.0 Å². The maximum Gasteiger partial charge on any atom is 0.242 e. The number of sulfonamides is 2. The van der Waals surface area contributed by atoms with Crippen LogP contribution in [0.15, 0.2) is 23.1 Å². The lowest BCUT2D eigenvalue weighted by Gasteiger charge is -2.23. The van der Waals surface area contributed by atoms with Crippen LogP contribution in [0.4, 0.5) is 5.69 Å². The predicted molar refractivity (Wildman–Crippen MR) is 96.9 cm³/mol. The van der Waals surface area contributed by atoms with Gasteiger partial charge in [0, 0.05) is 12.6 Å². The minimum atomic E-state index is -3.86. The highest BCUT2D eigenvalue weighted by Crippen LogP contribution is 2.27. The van der Waals surface area contributed by atoms with Gasteiger partial charge >= 0.3 is 0 Å². The number of nitrogens with one attached hydrogen (secondary N) is 3. The molecule has 25 heavy (non-hydrogen) atoms. The Labute approximate surface area is 149 Å². The minimum Gasteiger partial charge on any atom is -0.497 e. The summed E-state index contributed by atoms with van der Waals surface area (Å²) in [5.41, 5.74) is -0.0181. The van der Waals surface area contributed by atoms with E-state index in [9.17, 15) is 16.8 Å². The summed E-state index contributed by atoms with van der Waals surface area (Å²) in [6.07, 6.45) is 1.96. The standard InChI is InChI=1S/C15H25N3O5S2/c1-3-24(19,20)18-14-9-13(23-2)6-7-15(14)25(21,22)17-11-12-5-4-8-16-10-12/h6-7,9,12,16-18H,3-5,8,10-11H2,1-2H3. The zero-order valence-corrected chi connectivity index (χ0v) is 16.0. The van der Waals surface area contributed by atoms with E-state index in [0.717, 1.165) is 25.9 Å². The van der Waals surface area contributed by atoms with Gasteiger partial charge in [-0.05, 0) is 50.9 Å². The molecule has 8 nitrogen and oxygen atoms in total. The molecule has 0 aliphatic carbocycles. The monoisotopic (exact) mass is 391 g/mol. The summed E-state index contributed by atoms with van der Waals surface area (Å²) in [7, 11) is -6.05. The number of hydrogen-bond donors (Lipinski definition) is 3. The molecule has 10 heteroatoms. The highest BCUT2D eigenvalue weighted by Gasteiger charge is 2.23. The summed E-state index contributed by atoms with van der Waals surface area (Å²) in [6.45, 7) is 3.50. The van der Waals surface area contributed by atoms with Crippen LogP contribution >= 0.6 is 0 Å². The van der Waals surface area contributed by atoms with Gasteiger partial charge in [0.25, 0.3) is 0 Å². The molecular weight excluding hydrogens is 366 g/mol. The van der Waals surface area contributed by atoms with Crippen molar-refractivity contribution in [2.75, 3.05) is 37.2 Å². The molecule has 1 atom stereocenters. The van der Waals surface area contributed by atoms with Crippen molar-refractivity contribution in [3.63, 3.8) is 0 Å². The Hall–Kier alpha value is -1.36. The van der Waals surface area contributed by atoms with E-state index in [4.69, 9.17) is 4.74 Å². The number of anilines is 1. The highest BCUT2D eigenvalue weighted by molar-refractivity contribution is 7.93. The molecule has 1 aromatic carbocycles. The normalized spacial score (nSPS) is 18.7. The molecule has 0 bridgehead atoms. The van der Waals surface area contributed by atoms with Crippen LogP contribution in [0.5, 0.6) is 5.75 Å². The summed E-state index contributed by atoms with van der Waals surface area (Å²) in [6, 6.07) is 4.19. The van der Waals surface area contributed by atoms with Crippen molar-refractivity contribution < 1.29 is 21.6 Å². The predicted octanol–water partition coefficient (Wildman–Crippen LogP) is 0.735. The first-order chi connectivity index (χ1) is 11.8. The Morgan fingerprint density at radius 1 is 1.28 bits per heavy atom. The fourth-order valence-corrected chi connectivity index (χ4v) is 4.56. The van der Waals surface area contributed by atoms with Crippen LogP contribution < -0.4 is 19.5 Å². The molecule has 1 unspecified atom stereocenters. The molecule has 1 saturated heterocycles. The average molecular weight is 392 g/mol. The number of benzene rings is 1. The maximum atomic E-state index is 12.7. The van der Waals surface area contributed by atoms with Crippen LogP contribution in [0.3, 0.4) is 0 Å². The summed E-state index contributed by atoms with van der Waals surface area (Å²) in [5.74, 6) is 0.423. The van der Waals surface area contributed by atoms with Crippen molar-refractivity contribution in [2.45, 2.75) is 24.7 Å². The number of piperidine rings is 1. The highest BCUT2D eigenvalue weighted by atomic mass is 32.2. The number of ether oxygens (including phenoxy) is 1. The van der Waals surface area contributed by atoms with Gasteiger partial charge < -0.3 is 10.1 Å². The molecule has 0 spiro atoms. The fraction of sp³-hybridized carbons (Fsp3) is 0.600. The van der Waals surface area contributed by atoms with Crippen LogP contribution in [0.25, 0.3) is 0 Å². The SMILES string of the molecule is CCS(=O)(=O)Nc1cc(OC)ccc1S(=O)(=O)NCC1CCCNC1. The van der Waals surface area contributed by atoms with Crippen LogP contribution in [-0.4, -0.2) is 49.3 Å². The summed E-state index contributed by atoms with van der Waals surface area (Å²) in [5, 5.41) is 3.23. The van der Waals surface area contributed by atoms with Gasteiger partial charge in [0.1, 0.15) is 10.6 Å². The van der Waals surface area contributed by atoms with E-state index in [1.54, 1.807) is 0 Å². The van der Waals surface area contributed by atoms with Crippen LogP contribution in [0, 0.1) is 5.92 Å². The van der Waals surface area contributed by atoms with Crippen LogP contribution in [-0.2, 0) is 20.0 Å². The van der Waals surface area contributed by atoms with E-state index in [0.29, 0.717) is 12.3 Å². The maximum absolute atomic E-state index is 12.7. The van der Waals surface area contributed by atoms with Gasteiger partial charge in [0.05, 0.1) is 18.6 Å². The lowest BCUT2D eigenvalue weighted by Crippen LogP contribution is -2.38. The second-order valence-corrected chi connectivity index (χ2v) is 9.68. The quantitative estimate of drug-likeness (QED) is 0.602. The van der Waals surface area contributed by atoms with Gasteiger partial charge in [0.2, 0.25) is 20.0 Å². The van der Waals surface area contributed by atoms with Crippen molar-refractivity contribution >= 4 is 25.7 Å². The Morgan fingerprint density at radius 3 is 2.64 bits per heavy atom. The third-order valence-electron chi connectivity index (χ3n) is 4.08. The minimum absolute atomic E-state index is 0.0181.